The molecule has 1 aliphatic heterocycles. The molecule has 2 aromatic rings. The Kier molecular flexibility index (Phi) is 5.06. The SMILES string of the molecule is O=C(Nc1nc2c(s1)CCCCC2)N1CCN(c2ccc(F)cc2)CC1. The Hall–Kier alpha value is -2.15. The highest BCUT2D eigenvalue weighted by Crippen LogP contribution is 2.29. The van der Waals surface area contributed by atoms with Gasteiger partial charge in [-0.25, -0.2) is 14.2 Å². The van der Waals surface area contributed by atoms with Crippen molar-refractivity contribution in [3.63, 3.8) is 0 Å². The number of carbonyl (C=O) groups excluding carboxylic acids is 1. The van der Waals surface area contributed by atoms with Crippen molar-refractivity contribution in [2.45, 2.75) is 32.1 Å². The molecule has 2 aliphatic rings. The van der Waals surface area contributed by atoms with Crippen LogP contribution >= 0.6 is 11.3 Å². The number of aryl methyl sites for hydroxylation is 2. The molecule has 1 saturated heterocycles. The van der Waals surface area contributed by atoms with Crippen LogP contribution in [0.2, 0.25) is 0 Å². The van der Waals surface area contributed by atoms with Crippen LogP contribution in [0.15, 0.2) is 24.3 Å². The summed E-state index contributed by atoms with van der Waals surface area (Å²) < 4.78 is 13.1. The summed E-state index contributed by atoms with van der Waals surface area (Å²) in [7, 11) is 0. The summed E-state index contributed by atoms with van der Waals surface area (Å²) in [5.41, 5.74) is 2.17. The van der Waals surface area contributed by atoms with Crippen LogP contribution in [0.5, 0.6) is 0 Å². The Bertz CT molecular complexity index is 745. The summed E-state index contributed by atoms with van der Waals surface area (Å²) in [4.78, 5) is 22.5. The molecule has 138 valence electrons. The quantitative estimate of drug-likeness (QED) is 0.811. The molecule has 0 unspecified atom stereocenters. The highest BCUT2D eigenvalue weighted by molar-refractivity contribution is 7.15. The molecule has 0 spiro atoms. The lowest BCUT2D eigenvalue weighted by atomic mass is 10.2. The molecule has 1 aliphatic carbocycles. The van der Waals surface area contributed by atoms with E-state index in [-0.39, 0.29) is 11.8 Å². The number of rotatable bonds is 2. The fourth-order valence-corrected chi connectivity index (χ4v) is 4.61. The van der Waals surface area contributed by atoms with Gasteiger partial charge >= 0.3 is 6.03 Å². The summed E-state index contributed by atoms with van der Waals surface area (Å²) in [5, 5.41) is 3.70. The van der Waals surface area contributed by atoms with Gasteiger partial charge in [0, 0.05) is 36.7 Å². The zero-order chi connectivity index (χ0) is 17.9. The summed E-state index contributed by atoms with van der Waals surface area (Å²) in [5.74, 6) is -0.228. The van der Waals surface area contributed by atoms with Crippen LogP contribution < -0.4 is 10.2 Å². The predicted molar refractivity (Wildman–Crippen MR) is 103 cm³/mol. The Morgan fingerprint density at radius 3 is 2.54 bits per heavy atom. The molecule has 26 heavy (non-hydrogen) atoms. The smallest absolute Gasteiger partial charge is 0.323 e. The monoisotopic (exact) mass is 374 g/mol. The number of halogens is 1. The molecule has 1 fully saturated rings. The minimum Gasteiger partial charge on any atom is -0.368 e. The summed E-state index contributed by atoms with van der Waals surface area (Å²) in [6, 6.07) is 6.44. The van der Waals surface area contributed by atoms with Crippen molar-refractivity contribution < 1.29 is 9.18 Å². The maximum Gasteiger partial charge on any atom is 0.323 e. The predicted octanol–water partition coefficient (Wildman–Crippen LogP) is 3.91. The molecule has 1 aromatic heterocycles. The van der Waals surface area contributed by atoms with Crippen LogP contribution in [-0.2, 0) is 12.8 Å². The number of thiazole rings is 1. The number of aromatic nitrogens is 1. The van der Waals surface area contributed by atoms with Crippen molar-refractivity contribution in [2.75, 3.05) is 36.4 Å². The first-order valence-corrected chi connectivity index (χ1v) is 10.1. The van der Waals surface area contributed by atoms with Gasteiger partial charge in [-0.05, 0) is 49.9 Å². The molecule has 1 N–H and O–H groups in total. The molecule has 2 amide bonds. The van der Waals surface area contributed by atoms with E-state index in [9.17, 15) is 9.18 Å². The topological polar surface area (TPSA) is 48.5 Å². The van der Waals surface area contributed by atoms with Gasteiger partial charge in [0.1, 0.15) is 5.82 Å². The van der Waals surface area contributed by atoms with Crippen molar-refractivity contribution in [3.8, 4) is 0 Å². The second-order valence-electron chi connectivity index (χ2n) is 6.83. The normalized spacial score (nSPS) is 17.6. The van der Waals surface area contributed by atoms with Crippen molar-refractivity contribution >= 4 is 28.2 Å². The third kappa shape index (κ3) is 3.82. The minimum atomic E-state index is -0.228. The molecule has 0 saturated carbocycles. The van der Waals surface area contributed by atoms with Crippen LogP contribution in [0, 0.1) is 5.82 Å². The van der Waals surface area contributed by atoms with Gasteiger partial charge in [0.25, 0.3) is 0 Å². The minimum absolute atomic E-state index is 0.0762. The molecule has 0 radical (unpaired) electrons. The number of urea groups is 1. The summed E-state index contributed by atoms with van der Waals surface area (Å²) in [6.45, 7) is 2.78. The Morgan fingerprint density at radius 2 is 1.77 bits per heavy atom. The van der Waals surface area contributed by atoms with Gasteiger partial charge < -0.3 is 9.80 Å². The molecule has 0 bridgehead atoms. The average molecular weight is 374 g/mol. The van der Waals surface area contributed by atoms with E-state index in [0.29, 0.717) is 13.1 Å². The first kappa shape index (κ1) is 17.3. The maximum absolute atomic E-state index is 13.1. The number of amides is 2. The van der Waals surface area contributed by atoms with Crippen LogP contribution in [0.4, 0.5) is 20.0 Å². The van der Waals surface area contributed by atoms with Crippen molar-refractivity contribution in [2.24, 2.45) is 0 Å². The van der Waals surface area contributed by atoms with Gasteiger partial charge in [-0.1, -0.05) is 6.42 Å². The summed E-state index contributed by atoms with van der Waals surface area (Å²) >= 11 is 1.62. The lowest BCUT2D eigenvalue weighted by molar-refractivity contribution is 0.208. The third-order valence-corrected chi connectivity index (χ3v) is 6.14. The number of nitrogens with one attached hydrogen (secondary N) is 1. The number of hydrogen-bond acceptors (Lipinski definition) is 4. The molecule has 2 heterocycles. The van der Waals surface area contributed by atoms with E-state index in [1.54, 1.807) is 23.5 Å². The number of anilines is 2. The number of hydrogen-bond donors (Lipinski definition) is 1. The van der Waals surface area contributed by atoms with E-state index >= 15 is 0 Å². The maximum atomic E-state index is 13.1. The van der Waals surface area contributed by atoms with Crippen LogP contribution in [-0.4, -0.2) is 42.1 Å². The average Bonchev–Trinajstić information content (AvgIpc) is 2.90. The van der Waals surface area contributed by atoms with Crippen LogP contribution in [0.1, 0.15) is 29.8 Å². The largest absolute Gasteiger partial charge is 0.368 e. The molecule has 4 rings (SSSR count). The number of piperazine rings is 1. The second-order valence-corrected chi connectivity index (χ2v) is 7.91. The standard InChI is InChI=1S/C19H23FN4OS/c20-14-6-8-15(9-7-14)23-10-12-24(13-11-23)19(25)22-18-21-16-4-2-1-3-5-17(16)26-18/h6-9H,1-5,10-13H2,(H,21,22,25). The van der Waals surface area contributed by atoms with Crippen molar-refractivity contribution in [3.05, 3.63) is 40.7 Å². The fourth-order valence-electron chi connectivity index (χ4n) is 3.57. The fraction of sp³-hybridized carbons (Fsp3) is 0.474. The number of nitrogens with zero attached hydrogens (tertiary/aromatic N) is 3. The van der Waals surface area contributed by atoms with Gasteiger partial charge in [0.15, 0.2) is 5.13 Å². The van der Waals surface area contributed by atoms with E-state index in [0.717, 1.165) is 36.8 Å². The Balaban J connectivity index is 1.33. The van der Waals surface area contributed by atoms with Crippen molar-refractivity contribution in [1.29, 1.82) is 0 Å². The van der Waals surface area contributed by atoms with Crippen LogP contribution in [0.3, 0.4) is 0 Å². The van der Waals surface area contributed by atoms with E-state index in [2.05, 4.69) is 15.2 Å². The molecule has 1 aromatic carbocycles. The molecular formula is C19H23FN4OS. The molecule has 5 nitrogen and oxygen atoms in total. The number of carbonyl (C=O) groups is 1. The zero-order valence-electron chi connectivity index (χ0n) is 14.7. The number of fused-ring (bicyclic) bond motifs is 1. The summed E-state index contributed by atoms with van der Waals surface area (Å²) in [6.07, 6.45) is 5.78. The first-order valence-electron chi connectivity index (χ1n) is 9.24. The van der Waals surface area contributed by atoms with Crippen molar-refractivity contribution in [1.82, 2.24) is 9.88 Å². The zero-order valence-corrected chi connectivity index (χ0v) is 15.5. The number of benzene rings is 1. The van der Waals surface area contributed by atoms with Gasteiger partial charge in [0.2, 0.25) is 0 Å². The van der Waals surface area contributed by atoms with E-state index in [1.165, 1.54) is 42.0 Å². The van der Waals surface area contributed by atoms with Gasteiger partial charge in [0.05, 0.1) is 5.69 Å². The molecular weight excluding hydrogens is 351 g/mol. The Labute approximate surface area is 156 Å². The van der Waals surface area contributed by atoms with E-state index < -0.39 is 0 Å². The van der Waals surface area contributed by atoms with E-state index in [4.69, 9.17) is 0 Å². The van der Waals surface area contributed by atoms with Gasteiger partial charge in [-0.2, -0.15) is 0 Å². The molecule has 0 atom stereocenters. The highest BCUT2D eigenvalue weighted by Gasteiger charge is 2.23. The second kappa shape index (κ2) is 7.61. The lowest BCUT2D eigenvalue weighted by Gasteiger charge is -2.35. The first-order chi connectivity index (χ1) is 12.7. The van der Waals surface area contributed by atoms with Crippen LogP contribution in [0.25, 0.3) is 0 Å². The Morgan fingerprint density at radius 1 is 1.04 bits per heavy atom. The highest BCUT2D eigenvalue weighted by atomic mass is 32.1. The molecule has 7 heteroatoms. The van der Waals surface area contributed by atoms with E-state index in [1.807, 2.05) is 4.90 Å². The third-order valence-electron chi connectivity index (χ3n) is 5.07. The van der Waals surface area contributed by atoms with Gasteiger partial charge in [-0.15, -0.1) is 11.3 Å². The lowest BCUT2D eigenvalue weighted by Crippen LogP contribution is -2.50. The van der Waals surface area contributed by atoms with Gasteiger partial charge in [-0.3, -0.25) is 5.32 Å².